The largest absolute Gasteiger partial charge is 0.492 e. The van der Waals surface area contributed by atoms with Gasteiger partial charge >= 0.3 is 0 Å². The van der Waals surface area contributed by atoms with Gasteiger partial charge in [-0.1, -0.05) is 18.2 Å². The molecular weight excluding hydrogens is 350 g/mol. The van der Waals surface area contributed by atoms with E-state index in [0.717, 1.165) is 49.7 Å². The summed E-state index contributed by atoms with van der Waals surface area (Å²) in [4.78, 5) is 17.1. The van der Waals surface area contributed by atoms with Crippen LogP contribution in [0.4, 0.5) is 0 Å². The Morgan fingerprint density at radius 2 is 1.50 bits per heavy atom. The molecule has 0 radical (unpaired) electrons. The molecule has 1 aliphatic rings. The number of hydrogen-bond acceptors (Lipinski definition) is 3. The van der Waals surface area contributed by atoms with E-state index in [1.807, 2.05) is 88.6 Å². The maximum atomic E-state index is 12.8. The van der Waals surface area contributed by atoms with Crippen molar-refractivity contribution in [3.63, 3.8) is 0 Å². The Labute approximate surface area is 165 Å². The number of para-hydroxylation sites is 1. The first-order chi connectivity index (χ1) is 13.8. The lowest BCUT2D eigenvalue weighted by Crippen LogP contribution is -2.49. The van der Waals surface area contributed by atoms with E-state index in [9.17, 15) is 4.79 Å². The van der Waals surface area contributed by atoms with Crippen molar-refractivity contribution in [1.29, 1.82) is 0 Å². The van der Waals surface area contributed by atoms with Crippen LogP contribution >= 0.6 is 0 Å². The van der Waals surface area contributed by atoms with Crippen LogP contribution in [0.3, 0.4) is 0 Å². The second-order valence-corrected chi connectivity index (χ2v) is 6.93. The van der Waals surface area contributed by atoms with Crippen molar-refractivity contribution >= 4 is 5.91 Å². The molecule has 3 aromatic rings. The van der Waals surface area contributed by atoms with E-state index in [0.29, 0.717) is 6.61 Å². The van der Waals surface area contributed by atoms with Gasteiger partial charge in [0, 0.05) is 56.4 Å². The quantitative estimate of drug-likeness (QED) is 0.663. The highest BCUT2D eigenvalue weighted by molar-refractivity contribution is 5.94. The minimum Gasteiger partial charge on any atom is -0.492 e. The summed E-state index contributed by atoms with van der Waals surface area (Å²) in [5, 5.41) is 0. The molecule has 5 nitrogen and oxygen atoms in total. The Morgan fingerprint density at radius 1 is 0.821 bits per heavy atom. The van der Waals surface area contributed by atoms with Gasteiger partial charge in [-0.3, -0.25) is 9.69 Å². The maximum Gasteiger partial charge on any atom is 0.253 e. The standard InChI is InChI=1S/C23H25N3O2/c27-23(20-8-10-21(11-9-20)25-12-4-5-13-25)26-16-14-24(15-17-26)18-19-28-22-6-2-1-3-7-22/h1-13H,14-19H2. The second-order valence-electron chi connectivity index (χ2n) is 6.93. The van der Waals surface area contributed by atoms with Crippen LogP contribution in [0.2, 0.25) is 0 Å². The van der Waals surface area contributed by atoms with Crippen molar-refractivity contribution in [2.75, 3.05) is 39.3 Å². The molecule has 0 bridgehead atoms. The van der Waals surface area contributed by atoms with Crippen LogP contribution in [0.15, 0.2) is 79.1 Å². The number of carbonyl (C=O) groups is 1. The van der Waals surface area contributed by atoms with E-state index in [4.69, 9.17) is 4.74 Å². The summed E-state index contributed by atoms with van der Waals surface area (Å²) < 4.78 is 7.80. The fourth-order valence-electron chi connectivity index (χ4n) is 3.45. The van der Waals surface area contributed by atoms with Gasteiger partial charge < -0.3 is 14.2 Å². The number of aromatic nitrogens is 1. The molecule has 28 heavy (non-hydrogen) atoms. The van der Waals surface area contributed by atoms with Crippen molar-refractivity contribution < 1.29 is 9.53 Å². The first kappa shape index (κ1) is 18.3. The number of ether oxygens (including phenoxy) is 1. The van der Waals surface area contributed by atoms with Crippen molar-refractivity contribution in [2.45, 2.75) is 0 Å². The molecule has 1 fully saturated rings. The molecule has 4 rings (SSSR count). The van der Waals surface area contributed by atoms with Crippen LogP contribution in [0.25, 0.3) is 5.69 Å². The molecule has 0 atom stereocenters. The first-order valence-corrected chi connectivity index (χ1v) is 9.72. The van der Waals surface area contributed by atoms with Gasteiger partial charge in [0.1, 0.15) is 12.4 Å². The average Bonchev–Trinajstić information content (AvgIpc) is 3.30. The molecular formula is C23H25N3O2. The number of rotatable bonds is 6. The van der Waals surface area contributed by atoms with Gasteiger partial charge in [0.05, 0.1) is 0 Å². The third kappa shape index (κ3) is 4.43. The Morgan fingerprint density at radius 3 is 2.18 bits per heavy atom. The SMILES string of the molecule is O=C(c1ccc(-n2cccc2)cc1)N1CCN(CCOc2ccccc2)CC1. The van der Waals surface area contributed by atoms with E-state index >= 15 is 0 Å². The predicted octanol–water partition coefficient (Wildman–Crippen LogP) is 3.31. The molecule has 1 saturated heterocycles. The zero-order valence-corrected chi connectivity index (χ0v) is 15.9. The lowest BCUT2D eigenvalue weighted by molar-refractivity contribution is 0.0620. The molecule has 0 spiro atoms. The smallest absolute Gasteiger partial charge is 0.253 e. The monoisotopic (exact) mass is 375 g/mol. The summed E-state index contributed by atoms with van der Waals surface area (Å²) in [5.74, 6) is 1.01. The summed E-state index contributed by atoms with van der Waals surface area (Å²) in [7, 11) is 0. The first-order valence-electron chi connectivity index (χ1n) is 9.72. The summed E-state index contributed by atoms with van der Waals surface area (Å²) >= 11 is 0. The zero-order chi connectivity index (χ0) is 19.2. The number of hydrogen-bond donors (Lipinski definition) is 0. The highest BCUT2D eigenvalue weighted by Gasteiger charge is 2.22. The molecule has 144 valence electrons. The number of benzene rings is 2. The molecule has 2 heterocycles. The van der Waals surface area contributed by atoms with E-state index in [2.05, 4.69) is 4.90 Å². The fraction of sp³-hybridized carbons (Fsp3) is 0.261. The van der Waals surface area contributed by atoms with Gasteiger partial charge in [0.2, 0.25) is 0 Å². The van der Waals surface area contributed by atoms with Crippen molar-refractivity contribution in [3.8, 4) is 11.4 Å². The summed E-state index contributed by atoms with van der Waals surface area (Å²) in [6.07, 6.45) is 4.00. The normalized spacial score (nSPS) is 14.8. The summed E-state index contributed by atoms with van der Waals surface area (Å²) in [5.41, 5.74) is 1.81. The number of carbonyl (C=O) groups excluding carboxylic acids is 1. The van der Waals surface area contributed by atoms with E-state index < -0.39 is 0 Å². The average molecular weight is 375 g/mol. The fourth-order valence-corrected chi connectivity index (χ4v) is 3.45. The third-order valence-electron chi connectivity index (χ3n) is 5.10. The van der Waals surface area contributed by atoms with E-state index in [1.165, 1.54) is 0 Å². The van der Waals surface area contributed by atoms with Crippen molar-refractivity contribution in [2.24, 2.45) is 0 Å². The van der Waals surface area contributed by atoms with Crippen LogP contribution in [0, 0.1) is 0 Å². The minimum absolute atomic E-state index is 0.110. The van der Waals surface area contributed by atoms with Gasteiger partial charge in [-0.05, 0) is 48.5 Å². The maximum absolute atomic E-state index is 12.8. The van der Waals surface area contributed by atoms with E-state index in [1.54, 1.807) is 0 Å². The molecule has 0 N–H and O–H groups in total. The topological polar surface area (TPSA) is 37.7 Å². The van der Waals surface area contributed by atoms with Gasteiger partial charge in [-0.25, -0.2) is 0 Å². The lowest BCUT2D eigenvalue weighted by atomic mass is 10.1. The highest BCUT2D eigenvalue weighted by atomic mass is 16.5. The number of nitrogens with zero attached hydrogens (tertiary/aromatic N) is 3. The van der Waals surface area contributed by atoms with Crippen LogP contribution in [0.5, 0.6) is 5.75 Å². The molecule has 1 amide bonds. The van der Waals surface area contributed by atoms with Gasteiger partial charge in [0.15, 0.2) is 0 Å². The Hall–Kier alpha value is -3.05. The zero-order valence-electron chi connectivity index (χ0n) is 15.9. The Bertz CT molecular complexity index is 868. The number of amides is 1. The predicted molar refractivity (Wildman–Crippen MR) is 110 cm³/mol. The minimum atomic E-state index is 0.110. The summed E-state index contributed by atoms with van der Waals surface area (Å²) in [6, 6.07) is 21.7. The molecule has 1 aliphatic heterocycles. The van der Waals surface area contributed by atoms with Crippen LogP contribution < -0.4 is 4.74 Å². The van der Waals surface area contributed by atoms with Crippen molar-refractivity contribution in [1.82, 2.24) is 14.4 Å². The Kier molecular flexibility index (Phi) is 5.73. The van der Waals surface area contributed by atoms with Gasteiger partial charge in [0.25, 0.3) is 5.91 Å². The molecule has 1 aromatic heterocycles. The van der Waals surface area contributed by atoms with Crippen LogP contribution in [0.1, 0.15) is 10.4 Å². The van der Waals surface area contributed by atoms with E-state index in [-0.39, 0.29) is 5.91 Å². The molecule has 5 heteroatoms. The molecule has 0 saturated carbocycles. The lowest BCUT2D eigenvalue weighted by Gasteiger charge is -2.34. The van der Waals surface area contributed by atoms with Gasteiger partial charge in [-0.15, -0.1) is 0 Å². The Balaban J connectivity index is 1.24. The summed E-state index contributed by atoms with van der Waals surface area (Å²) in [6.45, 7) is 4.81. The third-order valence-corrected chi connectivity index (χ3v) is 5.10. The second kappa shape index (κ2) is 8.76. The van der Waals surface area contributed by atoms with Crippen LogP contribution in [-0.2, 0) is 0 Å². The molecule has 0 unspecified atom stereocenters. The van der Waals surface area contributed by atoms with Crippen molar-refractivity contribution in [3.05, 3.63) is 84.7 Å². The number of piperazine rings is 1. The molecule has 0 aliphatic carbocycles. The molecule has 2 aromatic carbocycles. The highest BCUT2D eigenvalue weighted by Crippen LogP contribution is 2.14. The van der Waals surface area contributed by atoms with Gasteiger partial charge in [-0.2, -0.15) is 0 Å². The van der Waals surface area contributed by atoms with Crippen LogP contribution in [-0.4, -0.2) is 59.6 Å².